The number of halogens is 3. The van der Waals surface area contributed by atoms with E-state index in [1.54, 1.807) is 7.11 Å². The van der Waals surface area contributed by atoms with E-state index in [-0.39, 0.29) is 0 Å². The number of alkyl halides is 3. The van der Waals surface area contributed by atoms with Crippen LogP contribution in [0.3, 0.4) is 0 Å². The zero-order chi connectivity index (χ0) is 20.0. The summed E-state index contributed by atoms with van der Waals surface area (Å²) in [6, 6.07) is 12.5. The van der Waals surface area contributed by atoms with Crippen LogP contribution in [0.1, 0.15) is 11.1 Å². The summed E-state index contributed by atoms with van der Waals surface area (Å²) in [5.74, 6) is -0.867. The molecule has 8 heteroatoms. The Bertz CT molecular complexity index is 806. The summed E-state index contributed by atoms with van der Waals surface area (Å²) in [6.07, 6.45) is -5.08. The molecule has 1 aliphatic rings. The van der Waals surface area contributed by atoms with Crippen LogP contribution in [0.5, 0.6) is 11.5 Å². The molecule has 27 heavy (non-hydrogen) atoms. The highest BCUT2D eigenvalue weighted by Crippen LogP contribution is 2.36. The fraction of sp³-hybridized carbons (Fsp3) is 0.316. The van der Waals surface area contributed by atoms with Crippen LogP contribution < -0.4 is 14.8 Å². The average molecular weight is 383 g/mol. The Morgan fingerprint density at radius 2 is 1.93 bits per heavy atom. The maximum Gasteiger partial charge on any atom is 0.490 e. The van der Waals surface area contributed by atoms with Crippen LogP contribution in [0, 0.1) is 6.92 Å². The molecule has 146 valence electrons. The van der Waals surface area contributed by atoms with Gasteiger partial charge >= 0.3 is 12.1 Å². The van der Waals surface area contributed by atoms with Gasteiger partial charge in [0.1, 0.15) is 18.1 Å². The van der Waals surface area contributed by atoms with Crippen molar-refractivity contribution in [1.29, 1.82) is 0 Å². The van der Waals surface area contributed by atoms with Gasteiger partial charge in [-0.25, -0.2) is 4.79 Å². The molecule has 1 aliphatic heterocycles. The second-order valence-electron chi connectivity index (χ2n) is 5.80. The number of hydrogen-bond acceptors (Lipinski definition) is 4. The van der Waals surface area contributed by atoms with E-state index in [2.05, 4.69) is 42.6 Å². The molecule has 0 fully saturated rings. The predicted molar refractivity (Wildman–Crippen MR) is 94.1 cm³/mol. The number of carboxylic acids is 1. The summed E-state index contributed by atoms with van der Waals surface area (Å²) in [5, 5.41) is 10.5. The van der Waals surface area contributed by atoms with Crippen molar-refractivity contribution in [1.82, 2.24) is 5.32 Å². The summed E-state index contributed by atoms with van der Waals surface area (Å²) in [4.78, 5) is 8.90. The first-order valence-electron chi connectivity index (χ1n) is 8.14. The Labute approximate surface area is 154 Å². The van der Waals surface area contributed by atoms with E-state index in [1.807, 2.05) is 6.07 Å². The topological polar surface area (TPSA) is 67.8 Å². The largest absolute Gasteiger partial charge is 0.497 e. The van der Waals surface area contributed by atoms with Crippen molar-refractivity contribution in [2.45, 2.75) is 19.6 Å². The first kappa shape index (κ1) is 20.6. The monoisotopic (exact) mass is 383 g/mol. The van der Waals surface area contributed by atoms with Crippen LogP contribution in [-0.2, 0) is 11.3 Å². The van der Waals surface area contributed by atoms with Gasteiger partial charge in [0.25, 0.3) is 0 Å². The highest BCUT2D eigenvalue weighted by Gasteiger charge is 2.38. The fourth-order valence-corrected chi connectivity index (χ4v) is 2.62. The second-order valence-corrected chi connectivity index (χ2v) is 5.80. The Morgan fingerprint density at radius 3 is 2.52 bits per heavy atom. The van der Waals surface area contributed by atoms with Crippen LogP contribution >= 0.6 is 0 Å². The minimum Gasteiger partial charge on any atom is -0.497 e. The van der Waals surface area contributed by atoms with Crippen molar-refractivity contribution in [2.24, 2.45) is 0 Å². The SMILES string of the molecule is COc1ccc(-c2cccc3c2OCCNC3)c(C)c1.O=C(O)C(F)(F)F. The van der Waals surface area contributed by atoms with Crippen LogP contribution in [0.4, 0.5) is 13.2 Å². The van der Waals surface area contributed by atoms with E-state index >= 15 is 0 Å². The number of nitrogens with one attached hydrogen (secondary N) is 1. The molecule has 5 nitrogen and oxygen atoms in total. The van der Waals surface area contributed by atoms with E-state index in [9.17, 15) is 13.2 Å². The van der Waals surface area contributed by atoms with Crippen LogP contribution in [-0.4, -0.2) is 37.5 Å². The van der Waals surface area contributed by atoms with Gasteiger partial charge in [-0.1, -0.05) is 24.3 Å². The molecule has 0 atom stereocenters. The predicted octanol–water partition coefficient (Wildman–Crippen LogP) is 3.79. The van der Waals surface area contributed by atoms with E-state index in [0.29, 0.717) is 6.61 Å². The highest BCUT2D eigenvalue weighted by atomic mass is 19.4. The van der Waals surface area contributed by atoms with Gasteiger partial charge < -0.3 is 19.9 Å². The van der Waals surface area contributed by atoms with Crippen LogP contribution in [0.15, 0.2) is 36.4 Å². The van der Waals surface area contributed by atoms with E-state index in [4.69, 9.17) is 19.4 Å². The number of benzene rings is 2. The third-order valence-corrected chi connectivity index (χ3v) is 3.90. The molecule has 0 amide bonds. The van der Waals surface area contributed by atoms with Gasteiger partial charge in [0.2, 0.25) is 0 Å². The molecule has 0 saturated carbocycles. The van der Waals surface area contributed by atoms with Crippen LogP contribution in [0.25, 0.3) is 11.1 Å². The third-order valence-electron chi connectivity index (χ3n) is 3.90. The lowest BCUT2D eigenvalue weighted by Gasteiger charge is -2.15. The van der Waals surface area contributed by atoms with Crippen molar-refractivity contribution < 1.29 is 32.5 Å². The van der Waals surface area contributed by atoms with Crippen molar-refractivity contribution in [3.8, 4) is 22.6 Å². The number of fused-ring (bicyclic) bond motifs is 1. The number of aryl methyl sites for hydroxylation is 1. The van der Waals surface area contributed by atoms with E-state index < -0.39 is 12.1 Å². The number of para-hydroxylation sites is 1. The second kappa shape index (κ2) is 8.77. The molecule has 2 N–H and O–H groups in total. The maximum absolute atomic E-state index is 10.6. The van der Waals surface area contributed by atoms with E-state index in [0.717, 1.165) is 30.2 Å². The van der Waals surface area contributed by atoms with Crippen molar-refractivity contribution in [3.05, 3.63) is 47.5 Å². The number of aliphatic carboxylic acids is 1. The average Bonchev–Trinajstić information content (AvgIpc) is 2.86. The van der Waals surface area contributed by atoms with Gasteiger partial charge in [0.05, 0.1) is 7.11 Å². The van der Waals surface area contributed by atoms with Gasteiger partial charge in [-0.3, -0.25) is 0 Å². The molecular weight excluding hydrogens is 363 g/mol. The smallest absolute Gasteiger partial charge is 0.490 e. The summed E-state index contributed by atoms with van der Waals surface area (Å²) < 4.78 is 43.0. The van der Waals surface area contributed by atoms with Crippen molar-refractivity contribution in [3.63, 3.8) is 0 Å². The lowest BCUT2D eigenvalue weighted by Crippen LogP contribution is -2.21. The summed E-state index contributed by atoms with van der Waals surface area (Å²) in [6.45, 7) is 4.56. The lowest BCUT2D eigenvalue weighted by molar-refractivity contribution is -0.192. The third kappa shape index (κ3) is 5.37. The zero-order valence-electron chi connectivity index (χ0n) is 14.9. The molecule has 1 heterocycles. The standard InChI is InChI=1S/C17H19NO2.C2HF3O2/c1-12-10-14(19-2)6-7-15(12)16-5-3-4-13-11-18-8-9-20-17(13)16;3-2(4,5)1(6)7/h3-7,10,18H,8-9,11H2,1-2H3;(H,6,7). The Kier molecular flexibility index (Phi) is 6.68. The van der Waals surface area contributed by atoms with Gasteiger partial charge in [0, 0.05) is 24.2 Å². The molecule has 0 bridgehead atoms. The number of carboxylic acid groups (broad SMARTS) is 1. The number of carbonyl (C=O) groups is 1. The van der Waals surface area contributed by atoms with Gasteiger partial charge in [-0.2, -0.15) is 13.2 Å². The lowest BCUT2D eigenvalue weighted by atomic mass is 9.97. The van der Waals surface area contributed by atoms with Gasteiger partial charge in [0.15, 0.2) is 0 Å². The first-order valence-corrected chi connectivity index (χ1v) is 8.14. The first-order chi connectivity index (χ1) is 12.7. The minimum atomic E-state index is -5.08. The zero-order valence-corrected chi connectivity index (χ0v) is 14.9. The quantitative estimate of drug-likeness (QED) is 0.826. The number of methoxy groups -OCH3 is 1. The molecule has 0 aromatic heterocycles. The van der Waals surface area contributed by atoms with Crippen molar-refractivity contribution >= 4 is 5.97 Å². The molecule has 2 aromatic carbocycles. The number of hydrogen-bond donors (Lipinski definition) is 2. The molecule has 2 aromatic rings. The molecule has 0 aliphatic carbocycles. The van der Waals surface area contributed by atoms with Gasteiger partial charge in [-0.15, -0.1) is 0 Å². The molecule has 3 rings (SSSR count). The van der Waals surface area contributed by atoms with Crippen molar-refractivity contribution in [2.75, 3.05) is 20.3 Å². The Balaban J connectivity index is 0.000000321. The Morgan fingerprint density at radius 1 is 1.22 bits per heavy atom. The summed E-state index contributed by atoms with van der Waals surface area (Å²) >= 11 is 0. The minimum absolute atomic E-state index is 0.708. The molecule has 0 unspecified atom stereocenters. The van der Waals surface area contributed by atoms with Gasteiger partial charge in [-0.05, 0) is 30.2 Å². The summed E-state index contributed by atoms with van der Waals surface area (Å²) in [5.41, 5.74) is 4.77. The Hall–Kier alpha value is -2.74. The molecular formula is C19H20F3NO4. The van der Waals surface area contributed by atoms with Crippen LogP contribution in [0.2, 0.25) is 0 Å². The molecule has 0 saturated heterocycles. The molecule has 0 spiro atoms. The highest BCUT2D eigenvalue weighted by molar-refractivity contribution is 5.75. The summed E-state index contributed by atoms with van der Waals surface area (Å²) in [7, 11) is 1.69. The van der Waals surface area contributed by atoms with E-state index in [1.165, 1.54) is 16.7 Å². The normalized spacial score (nSPS) is 13.4. The number of rotatable bonds is 2. The fourth-order valence-electron chi connectivity index (χ4n) is 2.62. The number of ether oxygens (including phenoxy) is 2. The molecule has 0 radical (unpaired) electrons. The maximum atomic E-state index is 10.6.